The molecule has 2 heterocycles. The zero-order valence-electron chi connectivity index (χ0n) is 14.9. The molecule has 2 bridgehead atoms. The van der Waals surface area contributed by atoms with Crippen LogP contribution in [0.25, 0.3) is 0 Å². The molecule has 1 unspecified atom stereocenters. The molecule has 4 rings (SSSR count). The summed E-state index contributed by atoms with van der Waals surface area (Å²) in [5.41, 5.74) is 4.60. The van der Waals surface area contributed by atoms with E-state index in [0.29, 0.717) is 12.5 Å². The van der Waals surface area contributed by atoms with Gasteiger partial charge in [-0.05, 0) is 38.0 Å². The minimum Gasteiger partial charge on any atom is -0.361 e. The number of aromatic nitrogens is 3. The molecule has 2 aliphatic rings. The van der Waals surface area contributed by atoms with Crippen molar-refractivity contribution in [1.82, 2.24) is 14.5 Å². The molecule has 0 radical (unpaired) electrons. The van der Waals surface area contributed by atoms with Crippen molar-refractivity contribution >= 4 is 0 Å². The fourth-order valence-electron chi connectivity index (χ4n) is 5.12. The van der Waals surface area contributed by atoms with Crippen molar-refractivity contribution in [3.05, 3.63) is 38.6 Å². The van der Waals surface area contributed by atoms with Gasteiger partial charge in [0.25, 0.3) is 5.56 Å². The summed E-state index contributed by atoms with van der Waals surface area (Å²) in [6.45, 7) is 11.4. The Labute approximate surface area is 136 Å². The van der Waals surface area contributed by atoms with Crippen LogP contribution in [-0.4, -0.2) is 14.5 Å². The second kappa shape index (κ2) is 4.19. The van der Waals surface area contributed by atoms with E-state index < -0.39 is 0 Å². The van der Waals surface area contributed by atoms with Crippen molar-refractivity contribution in [1.29, 1.82) is 0 Å². The maximum absolute atomic E-state index is 13.1. The predicted octanol–water partition coefficient (Wildman–Crippen LogP) is 3.01. The highest BCUT2D eigenvalue weighted by Crippen LogP contribution is 2.66. The molecule has 2 atom stereocenters. The third-order valence-corrected chi connectivity index (χ3v) is 6.99. The fourth-order valence-corrected chi connectivity index (χ4v) is 5.12. The zero-order valence-corrected chi connectivity index (χ0v) is 14.9. The summed E-state index contributed by atoms with van der Waals surface area (Å²) in [7, 11) is 2.03. The van der Waals surface area contributed by atoms with Gasteiger partial charge in [0, 0.05) is 23.6 Å². The van der Waals surface area contributed by atoms with Crippen LogP contribution in [0.2, 0.25) is 0 Å². The third kappa shape index (κ3) is 1.53. The molecule has 2 aromatic heterocycles. The lowest BCUT2D eigenvalue weighted by molar-refractivity contribution is 0.215. The van der Waals surface area contributed by atoms with Gasteiger partial charge in [0.2, 0.25) is 0 Å². The third-order valence-electron chi connectivity index (χ3n) is 6.99. The minimum atomic E-state index is 0.0882. The first-order valence-corrected chi connectivity index (χ1v) is 8.42. The van der Waals surface area contributed by atoms with E-state index >= 15 is 0 Å². The number of hydrogen-bond acceptors (Lipinski definition) is 3. The van der Waals surface area contributed by atoms with Crippen LogP contribution in [-0.2, 0) is 19.0 Å². The number of fused-ring (bicyclic) bond motifs is 5. The second-order valence-electron chi connectivity index (χ2n) is 8.10. The number of nitrogens with zero attached hydrogens (tertiary/aromatic N) is 3. The maximum atomic E-state index is 13.1. The van der Waals surface area contributed by atoms with Crippen molar-refractivity contribution < 1.29 is 4.52 Å². The molecule has 5 nitrogen and oxygen atoms in total. The van der Waals surface area contributed by atoms with Crippen LogP contribution in [0, 0.1) is 19.3 Å². The molecule has 0 amide bonds. The molecule has 0 aliphatic heterocycles. The van der Waals surface area contributed by atoms with Crippen LogP contribution < -0.4 is 5.56 Å². The van der Waals surface area contributed by atoms with E-state index in [2.05, 4.69) is 30.6 Å². The van der Waals surface area contributed by atoms with Gasteiger partial charge in [-0.1, -0.05) is 25.9 Å². The number of hydrogen-bond donors (Lipinski definition) is 0. The molecular weight excluding hydrogens is 290 g/mol. The number of aryl methyl sites for hydroxylation is 2. The molecule has 1 saturated carbocycles. The Bertz CT molecular complexity index is 848. The Morgan fingerprint density at radius 1 is 1.30 bits per heavy atom. The van der Waals surface area contributed by atoms with Crippen molar-refractivity contribution in [2.75, 3.05) is 0 Å². The Morgan fingerprint density at radius 3 is 2.57 bits per heavy atom. The summed E-state index contributed by atoms with van der Waals surface area (Å²) < 4.78 is 9.22. The summed E-state index contributed by atoms with van der Waals surface area (Å²) >= 11 is 0. The molecule has 23 heavy (non-hydrogen) atoms. The Morgan fingerprint density at radius 2 is 2.00 bits per heavy atom. The van der Waals surface area contributed by atoms with Crippen LogP contribution in [0.15, 0.2) is 9.32 Å². The topological polar surface area (TPSA) is 53.0 Å². The predicted molar refractivity (Wildman–Crippen MR) is 87.9 cm³/mol. The summed E-state index contributed by atoms with van der Waals surface area (Å²) in [5.74, 6) is 1.18. The summed E-state index contributed by atoms with van der Waals surface area (Å²) in [4.78, 5) is 13.1. The lowest BCUT2D eigenvalue weighted by Crippen LogP contribution is -2.35. The average molecular weight is 315 g/mol. The first-order chi connectivity index (χ1) is 10.7. The van der Waals surface area contributed by atoms with E-state index in [4.69, 9.17) is 4.52 Å². The van der Waals surface area contributed by atoms with E-state index in [-0.39, 0.29) is 16.4 Å². The monoisotopic (exact) mass is 315 g/mol. The molecule has 0 aromatic carbocycles. The highest BCUT2D eigenvalue weighted by atomic mass is 16.5. The summed E-state index contributed by atoms with van der Waals surface area (Å²) in [6.07, 6.45) is 2.29. The van der Waals surface area contributed by atoms with Crippen LogP contribution in [0.4, 0.5) is 0 Å². The van der Waals surface area contributed by atoms with Gasteiger partial charge in [0.05, 0.1) is 17.9 Å². The normalized spacial score (nSPS) is 27.7. The van der Waals surface area contributed by atoms with Crippen molar-refractivity contribution in [3.8, 4) is 0 Å². The quantitative estimate of drug-likeness (QED) is 0.856. The first-order valence-electron chi connectivity index (χ1n) is 8.42. The van der Waals surface area contributed by atoms with Crippen molar-refractivity contribution in [3.63, 3.8) is 0 Å². The van der Waals surface area contributed by atoms with Crippen LogP contribution in [0.5, 0.6) is 0 Å². The van der Waals surface area contributed by atoms with Gasteiger partial charge in [-0.3, -0.25) is 9.48 Å². The molecule has 1 fully saturated rings. The molecule has 0 N–H and O–H groups in total. The molecule has 124 valence electrons. The van der Waals surface area contributed by atoms with Gasteiger partial charge in [0.15, 0.2) is 0 Å². The van der Waals surface area contributed by atoms with E-state index in [9.17, 15) is 4.79 Å². The lowest BCUT2D eigenvalue weighted by Gasteiger charge is -2.36. The van der Waals surface area contributed by atoms with Gasteiger partial charge in [-0.2, -0.15) is 0 Å². The SMILES string of the molecule is Cc1noc(C)c1Cn1c(=O)c2c(n1C)[C@]1(C)CCC2C1(C)C. The molecule has 0 saturated heterocycles. The van der Waals surface area contributed by atoms with Gasteiger partial charge in [-0.25, -0.2) is 4.68 Å². The van der Waals surface area contributed by atoms with Gasteiger partial charge < -0.3 is 4.52 Å². The molecule has 2 aliphatic carbocycles. The number of rotatable bonds is 2. The highest BCUT2D eigenvalue weighted by molar-refractivity contribution is 5.45. The first kappa shape index (κ1) is 14.8. The molecule has 0 spiro atoms. The summed E-state index contributed by atoms with van der Waals surface area (Å²) in [6, 6.07) is 0. The van der Waals surface area contributed by atoms with Crippen LogP contribution in [0.3, 0.4) is 0 Å². The smallest absolute Gasteiger partial charge is 0.270 e. The second-order valence-corrected chi connectivity index (χ2v) is 8.10. The van der Waals surface area contributed by atoms with Crippen molar-refractivity contribution in [2.45, 2.75) is 65.3 Å². The Kier molecular flexibility index (Phi) is 2.69. The van der Waals surface area contributed by atoms with E-state index in [0.717, 1.165) is 29.0 Å². The van der Waals surface area contributed by atoms with Gasteiger partial charge >= 0.3 is 0 Å². The standard InChI is InChI=1S/C18H25N3O2/c1-10-12(11(2)23-19-10)9-21-16(22)14-13-7-8-18(5,17(13,3)4)15(14)20(21)6/h13H,7-9H2,1-6H3/t13?,18-/m0/s1. The summed E-state index contributed by atoms with van der Waals surface area (Å²) in [5, 5.41) is 4.01. The van der Waals surface area contributed by atoms with Gasteiger partial charge in [-0.15, -0.1) is 0 Å². The highest BCUT2D eigenvalue weighted by Gasteiger charge is 2.62. The lowest BCUT2D eigenvalue weighted by atomic mass is 9.70. The largest absolute Gasteiger partial charge is 0.361 e. The average Bonchev–Trinajstić information content (AvgIpc) is 3.06. The maximum Gasteiger partial charge on any atom is 0.270 e. The minimum absolute atomic E-state index is 0.0882. The van der Waals surface area contributed by atoms with E-state index in [1.807, 2.05) is 25.6 Å². The molecular formula is C18H25N3O2. The zero-order chi connectivity index (χ0) is 16.7. The van der Waals surface area contributed by atoms with E-state index in [1.165, 1.54) is 12.1 Å². The van der Waals surface area contributed by atoms with E-state index in [1.54, 1.807) is 0 Å². The Balaban J connectivity index is 1.89. The molecule has 5 heteroatoms. The Hall–Kier alpha value is -1.78. The van der Waals surface area contributed by atoms with Crippen LogP contribution >= 0.6 is 0 Å². The van der Waals surface area contributed by atoms with Gasteiger partial charge in [0.1, 0.15) is 5.76 Å². The molecule has 2 aromatic rings. The van der Waals surface area contributed by atoms with Crippen molar-refractivity contribution in [2.24, 2.45) is 12.5 Å². The van der Waals surface area contributed by atoms with Crippen LogP contribution in [0.1, 0.15) is 67.8 Å². The fraction of sp³-hybridized carbons (Fsp3) is 0.667.